The minimum atomic E-state index is -0.671. The van der Waals surface area contributed by atoms with Crippen molar-refractivity contribution in [3.8, 4) is 0 Å². The Balaban J connectivity index is 2.64. The molecule has 0 aliphatic rings. The molecule has 0 amide bonds. The molecule has 0 radical (unpaired) electrons. The van der Waals surface area contributed by atoms with Gasteiger partial charge < -0.3 is 4.74 Å². The van der Waals surface area contributed by atoms with Gasteiger partial charge in [0.1, 0.15) is 0 Å². The fourth-order valence-corrected chi connectivity index (χ4v) is 1.16. The van der Waals surface area contributed by atoms with Crippen molar-refractivity contribution in [2.24, 2.45) is 0 Å². The second-order valence-corrected chi connectivity index (χ2v) is 3.31. The van der Waals surface area contributed by atoms with E-state index < -0.39 is 11.8 Å². The van der Waals surface area contributed by atoms with Gasteiger partial charge in [0.2, 0.25) is 0 Å². The summed E-state index contributed by atoms with van der Waals surface area (Å²) in [5.41, 5.74) is 0.733. The molecule has 1 rings (SSSR count). The van der Waals surface area contributed by atoms with Crippen molar-refractivity contribution in [1.29, 1.82) is 0 Å². The molecule has 0 saturated carbocycles. The number of esters is 1. The van der Waals surface area contributed by atoms with Crippen molar-refractivity contribution in [3.63, 3.8) is 0 Å². The Bertz CT molecular complexity index is 444. The molecular formula is C14H14O3. The zero-order valence-corrected chi connectivity index (χ0v) is 9.68. The summed E-state index contributed by atoms with van der Waals surface area (Å²) < 4.78 is 4.68. The number of benzene rings is 1. The molecule has 0 heterocycles. The van der Waals surface area contributed by atoms with Crippen LogP contribution in [0.4, 0.5) is 0 Å². The summed E-state index contributed by atoms with van der Waals surface area (Å²) in [7, 11) is 0. The number of carbonyl (C=O) groups is 2. The van der Waals surface area contributed by atoms with Crippen LogP contribution in [-0.2, 0) is 14.3 Å². The van der Waals surface area contributed by atoms with E-state index >= 15 is 0 Å². The lowest BCUT2D eigenvalue weighted by atomic mass is 10.1. The van der Waals surface area contributed by atoms with Crippen molar-refractivity contribution < 1.29 is 14.3 Å². The molecule has 0 unspecified atom stereocenters. The number of hydrogen-bond donors (Lipinski definition) is 0. The lowest BCUT2D eigenvalue weighted by Crippen LogP contribution is -2.12. The molecule has 0 aliphatic heterocycles. The number of ketones is 1. The van der Waals surface area contributed by atoms with Gasteiger partial charge in [0.05, 0.1) is 12.2 Å². The van der Waals surface area contributed by atoms with Gasteiger partial charge in [0.25, 0.3) is 0 Å². The Morgan fingerprint density at radius 2 is 1.94 bits per heavy atom. The molecule has 1 aromatic carbocycles. The van der Waals surface area contributed by atoms with E-state index in [0.717, 1.165) is 5.56 Å². The van der Waals surface area contributed by atoms with Crippen molar-refractivity contribution in [3.05, 3.63) is 54.1 Å². The minimum Gasteiger partial charge on any atom is -0.462 e. The van der Waals surface area contributed by atoms with Crippen LogP contribution in [0.25, 0.3) is 6.08 Å². The number of carbonyl (C=O) groups excluding carboxylic acids is 2. The summed E-state index contributed by atoms with van der Waals surface area (Å²) in [5.74, 6) is -1.11. The lowest BCUT2D eigenvalue weighted by molar-refractivity contribution is -0.139. The summed E-state index contributed by atoms with van der Waals surface area (Å²) in [5, 5.41) is 0. The first kappa shape index (κ1) is 12.9. The van der Waals surface area contributed by atoms with E-state index in [1.54, 1.807) is 13.0 Å². The normalized spacial score (nSPS) is 10.2. The van der Waals surface area contributed by atoms with Crippen LogP contribution < -0.4 is 0 Å². The van der Waals surface area contributed by atoms with Gasteiger partial charge in [-0.25, -0.2) is 4.79 Å². The van der Waals surface area contributed by atoms with Crippen molar-refractivity contribution in [2.75, 3.05) is 6.61 Å². The number of ether oxygens (including phenoxy) is 1. The van der Waals surface area contributed by atoms with Crippen LogP contribution in [0.1, 0.15) is 12.5 Å². The first-order valence-electron chi connectivity index (χ1n) is 5.28. The van der Waals surface area contributed by atoms with E-state index in [0.29, 0.717) is 0 Å². The second-order valence-electron chi connectivity index (χ2n) is 3.31. The highest BCUT2D eigenvalue weighted by Crippen LogP contribution is 2.04. The molecule has 0 N–H and O–H groups in total. The SMILES string of the molecule is C=C(C(=O)/C=C/c1ccccc1)C(=O)OCC. The van der Waals surface area contributed by atoms with Gasteiger partial charge in [-0.1, -0.05) is 43.0 Å². The van der Waals surface area contributed by atoms with Crippen LogP contribution in [0.2, 0.25) is 0 Å². The highest BCUT2D eigenvalue weighted by molar-refractivity contribution is 6.22. The summed E-state index contributed by atoms with van der Waals surface area (Å²) in [4.78, 5) is 22.8. The monoisotopic (exact) mass is 230 g/mol. The Morgan fingerprint density at radius 3 is 2.53 bits per heavy atom. The van der Waals surface area contributed by atoms with Crippen LogP contribution in [0.5, 0.6) is 0 Å². The predicted molar refractivity (Wildman–Crippen MR) is 66.3 cm³/mol. The number of allylic oxidation sites excluding steroid dienone is 1. The zero-order valence-electron chi connectivity index (χ0n) is 9.68. The van der Waals surface area contributed by atoms with E-state index in [1.165, 1.54) is 6.08 Å². The zero-order chi connectivity index (χ0) is 12.7. The first-order valence-corrected chi connectivity index (χ1v) is 5.28. The number of hydrogen-bond acceptors (Lipinski definition) is 3. The summed E-state index contributed by atoms with van der Waals surface area (Å²) in [6, 6.07) is 9.33. The molecule has 0 saturated heterocycles. The van der Waals surface area contributed by atoms with Crippen LogP contribution in [0.3, 0.4) is 0 Å². The van der Waals surface area contributed by atoms with Gasteiger partial charge >= 0.3 is 5.97 Å². The largest absolute Gasteiger partial charge is 0.462 e. The van der Waals surface area contributed by atoms with E-state index in [-0.39, 0.29) is 12.2 Å². The van der Waals surface area contributed by atoms with Crippen molar-refractivity contribution in [2.45, 2.75) is 6.92 Å². The average molecular weight is 230 g/mol. The summed E-state index contributed by atoms with van der Waals surface area (Å²) in [6.07, 6.45) is 2.95. The Hall–Kier alpha value is -2.16. The molecule has 3 heteroatoms. The molecule has 88 valence electrons. The fraction of sp³-hybridized carbons (Fsp3) is 0.143. The maximum atomic E-state index is 11.5. The average Bonchev–Trinajstić information content (AvgIpc) is 2.36. The summed E-state index contributed by atoms with van der Waals surface area (Å²) >= 11 is 0. The van der Waals surface area contributed by atoms with Crippen molar-refractivity contribution >= 4 is 17.8 Å². The highest BCUT2D eigenvalue weighted by Gasteiger charge is 2.13. The van der Waals surface area contributed by atoms with Crippen LogP contribution in [0.15, 0.2) is 48.6 Å². The molecule has 0 aromatic heterocycles. The molecule has 0 spiro atoms. The molecule has 3 nitrogen and oxygen atoms in total. The third kappa shape index (κ3) is 4.07. The predicted octanol–water partition coefficient (Wildman–Crippen LogP) is 2.39. The molecule has 0 aliphatic carbocycles. The molecular weight excluding hydrogens is 216 g/mol. The van der Waals surface area contributed by atoms with Crippen LogP contribution in [-0.4, -0.2) is 18.4 Å². The molecule has 17 heavy (non-hydrogen) atoms. The molecule has 1 aromatic rings. The van der Waals surface area contributed by atoms with Gasteiger partial charge in [-0.15, -0.1) is 0 Å². The van der Waals surface area contributed by atoms with Crippen molar-refractivity contribution in [1.82, 2.24) is 0 Å². The van der Waals surface area contributed by atoms with E-state index in [9.17, 15) is 9.59 Å². The van der Waals surface area contributed by atoms with E-state index in [1.807, 2.05) is 30.3 Å². The molecule has 0 atom stereocenters. The summed E-state index contributed by atoms with van der Waals surface area (Å²) in [6.45, 7) is 5.32. The topological polar surface area (TPSA) is 43.4 Å². The van der Waals surface area contributed by atoms with Gasteiger partial charge in [-0.2, -0.15) is 0 Å². The van der Waals surface area contributed by atoms with E-state index in [2.05, 4.69) is 11.3 Å². The molecule has 0 fully saturated rings. The van der Waals surface area contributed by atoms with Crippen LogP contribution in [0, 0.1) is 0 Å². The smallest absolute Gasteiger partial charge is 0.341 e. The third-order valence-electron chi connectivity index (χ3n) is 2.05. The van der Waals surface area contributed by atoms with Gasteiger partial charge in [0, 0.05) is 0 Å². The van der Waals surface area contributed by atoms with Gasteiger partial charge in [-0.3, -0.25) is 4.79 Å². The Morgan fingerprint density at radius 1 is 1.29 bits per heavy atom. The first-order chi connectivity index (χ1) is 8.15. The third-order valence-corrected chi connectivity index (χ3v) is 2.05. The van der Waals surface area contributed by atoms with E-state index in [4.69, 9.17) is 0 Å². The number of rotatable bonds is 5. The maximum absolute atomic E-state index is 11.5. The lowest BCUT2D eigenvalue weighted by Gasteiger charge is -2.00. The van der Waals surface area contributed by atoms with Gasteiger partial charge in [0.15, 0.2) is 5.78 Å². The maximum Gasteiger partial charge on any atom is 0.341 e. The second kappa shape index (κ2) is 6.43. The fourth-order valence-electron chi connectivity index (χ4n) is 1.16. The van der Waals surface area contributed by atoms with Gasteiger partial charge in [-0.05, 0) is 18.6 Å². The quantitative estimate of drug-likeness (QED) is 0.337. The Labute approximate surface area is 100 Å². The standard InChI is InChI=1S/C14H14O3/c1-3-17-14(16)11(2)13(15)10-9-12-7-5-4-6-8-12/h4-10H,2-3H2,1H3/b10-9+. The Kier molecular flexibility index (Phi) is 4.88. The van der Waals surface area contributed by atoms with Crippen LogP contribution >= 0.6 is 0 Å². The highest BCUT2D eigenvalue weighted by atomic mass is 16.5. The minimum absolute atomic E-state index is 0.154. The molecule has 0 bridgehead atoms.